The first-order valence-electron chi connectivity index (χ1n) is 5.53. The molecule has 11 heteroatoms. The second-order valence-corrected chi connectivity index (χ2v) is 4.72. The summed E-state index contributed by atoms with van der Waals surface area (Å²) < 4.78 is 65.7. The van der Waals surface area contributed by atoms with E-state index < -0.39 is 34.6 Å². The van der Waals surface area contributed by atoms with Crippen molar-refractivity contribution < 1.29 is 31.5 Å². The van der Waals surface area contributed by atoms with Crippen LogP contribution in [0.25, 0.3) is 0 Å². The van der Waals surface area contributed by atoms with Gasteiger partial charge in [0.2, 0.25) is 10.1 Å². The number of rotatable bonds is 4. The van der Waals surface area contributed by atoms with Gasteiger partial charge in [-0.05, 0) is 12.1 Å². The predicted octanol–water partition coefficient (Wildman–Crippen LogP) is 3.41. The summed E-state index contributed by atoms with van der Waals surface area (Å²) in [7, 11) is 0. The molecule has 0 aliphatic carbocycles. The summed E-state index contributed by atoms with van der Waals surface area (Å²) in [6, 6.07) is 5.05. The number of amides is 1. The standard InChI is InChI=1S/C11H6F5N3O2S/c12-9(13)21-6-4-2-1-3-5(6)7(20)17-10-19-18-8(22-10)11(14,15)16/h1-4,9H,(H,17,19,20). The molecule has 1 N–H and O–H groups in total. The highest BCUT2D eigenvalue weighted by atomic mass is 32.1. The Morgan fingerprint density at radius 2 is 1.91 bits per heavy atom. The Kier molecular flexibility index (Phi) is 4.54. The lowest BCUT2D eigenvalue weighted by Gasteiger charge is -2.09. The third-order valence-corrected chi connectivity index (χ3v) is 3.12. The Labute approximate surface area is 123 Å². The molecule has 118 valence electrons. The van der Waals surface area contributed by atoms with Gasteiger partial charge in [0.15, 0.2) is 0 Å². The zero-order valence-electron chi connectivity index (χ0n) is 10.4. The number of hydrogen-bond donors (Lipinski definition) is 1. The number of anilines is 1. The van der Waals surface area contributed by atoms with Gasteiger partial charge in [-0.2, -0.15) is 22.0 Å². The molecule has 1 heterocycles. The van der Waals surface area contributed by atoms with Crippen molar-refractivity contribution in [2.75, 3.05) is 5.32 Å². The van der Waals surface area contributed by atoms with Crippen molar-refractivity contribution in [3.05, 3.63) is 34.8 Å². The van der Waals surface area contributed by atoms with Crippen LogP contribution in [0.15, 0.2) is 24.3 Å². The van der Waals surface area contributed by atoms with E-state index in [0.717, 1.165) is 6.07 Å². The maximum atomic E-state index is 12.4. The van der Waals surface area contributed by atoms with Crippen molar-refractivity contribution in [2.24, 2.45) is 0 Å². The van der Waals surface area contributed by atoms with Gasteiger partial charge in [-0.1, -0.05) is 23.5 Å². The minimum Gasteiger partial charge on any atom is -0.434 e. The van der Waals surface area contributed by atoms with E-state index in [9.17, 15) is 26.7 Å². The number of hydrogen-bond acceptors (Lipinski definition) is 5. The lowest BCUT2D eigenvalue weighted by Crippen LogP contribution is -2.14. The van der Waals surface area contributed by atoms with E-state index in [-0.39, 0.29) is 16.9 Å². The summed E-state index contributed by atoms with van der Waals surface area (Å²) in [5, 5.41) is 6.45. The first kappa shape index (κ1) is 16.1. The lowest BCUT2D eigenvalue weighted by atomic mass is 10.2. The normalized spacial score (nSPS) is 11.5. The molecule has 0 radical (unpaired) electrons. The average molecular weight is 339 g/mol. The Balaban J connectivity index is 2.18. The number of nitrogens with zero attached hydrogens (tertiary/aromatic N) is 2. The van der Waals surface area contributed by atoms with Crippen LogP contribution in [0.1, 0.15) is 15.4 Å². The van der Waals surface area contributed by atoms with Crippen LogP contribution in [0, 0.1) is 0 Å². The van der Waals surface area contributed by atoms with Crippen LogP contribution in [0.2, 0.25) is 0 Å². The molecule has 2 aromatic rings. The van der Waals surface area contributed by atoms with E-state index in [1.165, 1.54) is 18.2 Å². The van der Waals surface area contributed by atoms with Crippen LogP contribution >= 0.6 is 11.3 Å². The van der Waals surface area contributed by atoms with Crippen LogP contribution in [-0.2, 0) is 6.18 Å². The quantitative estimate of drug-likeness (QED) is 0.867. The number of para-hydroxylation sites is 1. The fraction of sp³-hybridized carbons (Fsp3) is 0.182. The van der Waals surface area contributed by atoms with Crippen molar-refractivity contribution in [1.29, 1.82) is 0 Å². The van der Waals surface area contributed by atoms with Crippen LogP contribution in [-0.4, -0.2) is 22.7 Å². The third-order valence-electron chi connectivity index (χ3n) is 2.24. The van der Waals surface area contributed by atoms with E-state index in [4.69, 9.17) is 0 Å². The van der Waals surface area contributed by atoms with Crippen molar-refractivity contribution >= 4 is 22.4 Å². The highest BCUT2D eigenvalue weighted by molar-refractivity contribution is 7.15. The second kappa shape index (κ2) is 6.22. The lowest BCUT2D eigenvalue weighted by molar-refractivity contribution is -0.138. The molecule has 0 unspecified atom stereocenters. The predicted molar refractivity (Wildman–Crippen MR) is 65.9 cm³/mol. The van der Waals surface area contributed by atoms with Gasteiger partial charge < -0.3 is 4.74 Å². The Morgan fingerprint density at radius 3 is 2.50 bits per heavy atom. The van der Waals surface area contributed by atoms with Gasteiger partial charge in [-0.15, -0.1) is 10.2 Å². The molecule has 5 nitrogen and oxygen atoms in total. The summed E-state index contributed by atoms with van der Waals surface area (Å²) >= 11 is 0.114. The molecule has 0 aliphatic rings. The van der Waals surface area contributed by atoms with Crippen molar-refractivity contribution in [2.45, 2.75) is 12.8 Å². The van der Waals surface area contributed by atoms with Gasteiger partial charge >= 0.3 is 12.8 Å². The van der Waals surface area contributed by atoms with Crippen molar-refractivity contribution in [1.82, 2.24) is 10.2 Å². The van der Waals surface area contributed by atoms with E-state index in [0.29, 0.717) is 0 Å². The van der Waals surface area contributed by atoms with Crippen LogP contribution in [0.5, 0.6) is 5.75 Å². The number of halogens is 5. The van der Waals surface area contributed by atoms with Gasteiger partial charge in [0.1, 0.15) is 5.75 Å². The first-order chi connectivity index (χ1) is 10.3. The van der Waals surface area contributed by atoms with Crippen LogP contribution < -0.4 is 10.1 Å². The van der Waals surface area contributed by atoms with E-state index in [1.54, 1.807) is 0 Å². The summed E-state index contributed by atoms with van der Waals surface area (Å²) in [6.45, 7) is -3.15. The number of ether oxygens (including phenoxy) is 1. The SMILES string of the molecule is O=C(Nc1nnc(C(F)(F)F)s1)c1ccccc1OC(F)F. The minimum absolute atomic E-state index is 0.114. The van der Waals surface area contributed by atoms with Crippen molar-refractivity contribution in [3.63, 3.8) is 0 Å². The molecule has 1 aromatic carbocycles. The Morgan fingerprint density at radius 1 is 1.23 bits per heavy atom. The fourth-order valence-corrected chi connectivity index (χ4v) is 2.01. The summed E-state index contributed by atoms with van der Waals surface area (Å²) in [5.41, 5.74) is -0.272. The largest absolute Gasteiger partial charge is 0.445 e. The molecule has 22 heavy (non-hydrogen) atoms. The van der Waals surface area contributed by atoms with Gasteiger partial charge in [0.05, 0.1) is 5.56 Å². The highest BCUT2D eigenvalue weighted by Crippen LogP contribution is 2.33. The Bertz CT molecular complexity index is 674. The molecule has 0 atom stereocenters. The summed E-state index contributed by atoms with van der Waals surface area (Å²) in [4.78, 5) is 11.9. The zero-order chi connectivity index (χ0) is 16.3. The summed E-state index contributed by atoms with van der Waals surface area (Å²) in [6.07, 6.45) is -4.68. The number of benzene rings is 1. The van der Waals surface area contributed by atoms with Gasteiger partial charge in [0.25, 0.3) is 5.91 Å². The molecule has 0 spiro atoms. The monoisotopic (exact) mass is 339 g/mol. The number of carbonyl (C=O) groups excluding carboxylic acids is 1. The Hall–Kier alpha value is -2.30. The highest BCUT2D eigenvalue weighted by Gasteiger charge is 2.35. The minimum atomic E-state index is -4.68. The van der Waals surface area contributed by atoms with Crippen molar-refractivity contribution in [3.8, 4) is 5.75 Å². The zero-order valence-corrected chi connectivity index (χ0v) is 11.2. The smallest absolute Gasteiger partial charge is 0.434 e. The fourth-order valence-electron chi connectivity index (χ4n) is 1.41. The second-order valence-electron chi connectivity index (χ2n) is 3.74. The van der Waals surface area contributed by atoms with Crippen LogP contribution in [0.3, 0.4) is 0 Å². The van der Waals surface area contributed by atoms with E-state index >= 15 is 0 Å². The molecule has 0 fully saturated rings. The number of nitrogens with one attached hydrogen (secondary N) is 1. The maximum Gasteiger partial charge on any atom is 0.445 e. The molecular formula is C11H6F5N3O2S. The molecule has 0 saturated heterocycles. The molecule has 0 saturated carbocycles. The average Bonchev–Trinajstić information content (AvgIpc) is 2.87. The van der Waals surface area contributed by atoms with E-state index in [1.807, 2.05) is 5.32 Å². The topological polar surface area (TPSA) is 64.1 Å². The van der Waals surface area contributed by atoms with Gasteiger partial charge in [0, 0.05) is 0 Å². The van der Waals surface area contributed by atoms with Gasteiger partial charge in [-0.25, -0.2) is 0 Å². The number of carbonyl (C=O) groups is 1. The van der Waals surface area contributed by atoms with E-state index in [2.05, 4.69) is 14.9 Å². The molecule has 2 rings (SSSR count). The molecule has 0 aliphatic heterocycles. The molecule has 0 bridgehead atoms. The summed E-state index contributed by atoms with van der Waals surface area (Å²) in [5.74, 6) is -1.35. The number of alkyl halides is 5. The number of aromatic nitrogens is 2. The van der Waals surface area contributed by atoms with Gasteiger partial charge in [-0.3, -0.25) is 10.1 Å². The third kappa shape index (κ3) is 3.87. The van der Waals surface area contributed by atoms with Crippen LogP contribution in [0.4, 0.5) is 27.1 Å². The molecular weight excluding hydrogens is 333 g/mol. The maximum absolute atomic E-state index is 12.4. The molecule has 1 amide bonds. The molecule has 1 aromatic heterocycles. The first-order valence-corrected chi connectivity index (χ1v) is 6.35.